The maximum atomic E-state index is 12.6. The number of nitrogens with one attached hydrogen (secondary N) is 1. The first-order valence-corrected chi connectivity index (χ1v) is 11.2. The second-order valence-corrected chi connectivity index (χ2v) is 8.88. The number of ether oxygens (including phenoxy) is 1. The number of alkyl halides is 3. The fraction of sp³-hybridized carbons (Fsp3) is 0.200. The van der Waals surface area contributed by atoms with E-state index in [9.17, 15) is 27.9 Å². The molecule has 0 spiro atoms. The number of benzene rings is 3. The largest absolute Gasteiger partial charge is 0.481 e. The first-order valence-electron chi connectivity index (χ1n) is 10.4. The monoisotopic (exact) mass is 487 g/mol. The Balaban J connectivity index is 1.45. The molecule has 0 heterocycles. The standard InChI is InChI=1S/C25H20F3NO4S/c26-25(27,28)34-16-11-9-15(10-12-16)22(13-23(30)31)29-24(32)33-14-21-19-7-3-1-5-17(19)18-6-2-4-8-20(18)21/h1-12,21-22H,13-14H2,(H,29,32)(H,30,31). The highest BCUT2D eigenvalue weighted by atomic mass is 32.2. The third-order valence-electron chi connectivity index (χ3n) is 5.53. The Bertz CT molecular complexity index is 1150. The van der Waals surface area contributed by atoms with E-state index in [1.54, 1.807) is 0 Å². The summed E-state index contributed by atoms with van der Waals surface area (Å²) in [6.07, 6.45) is -1.25. The van der Waals surface area contributed by atoms with Gasteiger partial charge in [0.2, 0.25) is 0 Å². The SMILES string of the molecule is O=C(O)CC(NC(=O)OCC1c2ccccc2-c2ccccc21)c1ccc(SC(F)(F)F)cc1. The minimum absolute atomic E-state index is 0.0357. The number of thioether (sulfide) groups is 1. The molecule has 0 aliphatic heterocycles. The fourth-order valence-electron chi connectivity index (χ4n) is 4.11. The number of aliphatic carboxylic acids is 1. The highest BCUT2D eigenvalue weighted by molar-refractivity contribution is 8.00. The Morgan fingerprint density at radius 3 is 2.03 bits per heavy atom. The van der Waals surface area contributed by atoms with Gasteiger partial charge in [0.1, 0.15) is 6.61 Å². The van der Waals surface area contributed by atoms with E-state index in [2.05, 4.69) is 5.32 Å². The number of carboxylic acid groups (broad SMARTS) is 1. The normalized spacial score (nSPS) is 13.6. The molecule has 1 amide bonds. The Morgan fingerprint density at radius 2 is 1.50 bits per heavy atom. The molecule has 34 heavy (non-hydrogen) atoms. The molecule has 0 saturated heterocycles. The average Bonchev–Trinajstić information content (AvgIpc) is 3.10. The molecule has 9 heteroatoms. The first kappa shape index (κ1) is 23.7. The van der Waals surface area contributed by atoms with E-state index in [-0.39, 0.29) is 29.2 Å². The number of rotatable bonds is 7. The van der Waals surface area contributed by atoms with Crippen molar-refractivity contribution in [2.45, 2.75) is 28.8 Å². The zero-order chi connectivity index (χ0) is 24.3. The van der Waals surface area contributed by atoms with Crippen LogP contribution in [-0.4, -0.2) is 29.3 Å². The van der Waals surface area contributed by atoms with Crippen molar-refractivity contribution in [3.05, 3.63) is 89.5 Å². The van der Waals surface area contributed by atoms with Crippen LogP contribution in [-0.2, 0) is 9.53 Å². The fourth-order valence-corrected chi connectivity index (χ4v) is 4.65. The van der Waals surface area contributed by atoms with Gasteiger partial charge in [-0.15, -0.1) is 0 Å². The van der Waals surface area contributed by atoms with Crippen LogP contribution in [0.5, 0.6) is 0 Å². The van der Waals surface area contributed by atoms with Gasteiger partial charge in [-0.1, -0.05) is 60.7 Å². The maximum absolute atomic E-state index is 12.6. The summed E-state index contributed by atoms with van der Waals surface area (Å²) in [6, 6.07) is 20.0. The molecule has 0 aromatic heterocycles. The lowest BCUT2D eigenvalue weighted by atomic mass is 9.98. The van der Waals surface area contributed by atoms with E-state index in [0.717, 1.165) is 22.3 Å². The Morgan fingerprint density at radius 1 is 0.941 bits per heavy atom. The van der Waals surface area contributed by atoms with Gasteiger partial charge >= 0.3 is 17.6 Å². The average molecular weight is 487 g/mol. The molecule has 1 aliphatic rings. The van der Waals surface area contributed by atoms with Crippen molar-refractivity contribution in [3.8, 4) is 11.1 Å². The first-order chi connectivity index (χ1) is 16.2. The highest BCUT2D eigenvalue weighted by Crippen LogP contribution is 2.44. The van der Waals surface area contributed by atoms with Crippen LogP contribution in [0.4, 0.5) is 18.0 Å². The maximum Gasteiger partial charge on any atom is 0.446 e. The predicted octanol–water partition coefficient (Wildman–Crippen LogP) is 6.35. The Hall–Kier alpha value is -3.46. The molecule has 2 N–H and O–H groups in total. The number of halogens is 3. The van der Waals surface area contributed by atoms with Gasteiger partial charge in [0, 0.05) is 10.8 Å². The lowest BCUT2D eigenvalue weighted by Gasteiger charge is -2.19. The van der Waals surface area contributed by atoms with Crippen LogP contribution in [0.3, 0.4) is 0 Å². The lowest BCUT2D eigenvalue weighted by Crippen LogP contribution is -2.31. The topological polar surface area (TPSA) is 75.6 Å². The summed E-state index contributed by atoms with van der Waals surface area (Å²) < 4.78 is 43.1. The molecule has 0 radical (unpaired) electrons. The van der Waals surface area contributed by atoms with Crippen LogP contribution in [0.2, 0.25) is 0 Å². The summed E-state index contributed by atoms with van der Waals surface area (Å²) in [6.45, 7) is 0.0564. The van der Waals surface area contributed by atoms with E-state index in [1.165, 1.54) is 24.3 Å². The van der Waals surface area contributed by atoms with E-state index in [0.29, 0.717) is 5.56 Å². The number of carbonyl (C=O) groups excluding carboxylic acids is 1. The summed E-state index contributed by atoms with van der Waals surface area (Å²) in [5.41, 5.74) is 0.164. The smallest absolute Gasteiger partial charge is 0.446 e. The molecule has 5 nitrogen and oxygen atoms in total. The number of carboxylic acids is 1. The minimum Gasteiger partial charge on any atom is -0.481 e. The van der Waals surface area contributed by atoms with Gasteiger partial charge in [-0.2, -0.15) is 13.2 Å². The van der Waals surface area contributed by atoms with Gasteiger partial charge < -0.3 is 15.2 Å². The third-order valence-corrected chi connectivity index (χ3v) is 6.27. The molecule has 0 fully saturated rings. The second kappa shape index (κ2) is 9.80. The highest BCUT2D eigenvalue weighted by Gasteiger charge is 2.30. The van der Waals surface area contributed by atoms with Gasteiger partial charge in [0.15, 0.2) is 0 Å². The number of amides is 1. The summed E-state index contributed by atoms with van der Waals surface area (Å²) in [4.78, 5) is 23.8. The third kappa shape index (κ3) is 5.53. The Kier molecular flexibility index (Phi) is 6.83. The van der Waals surface area contributed by atoms with Crippen LogP contribution in [0.1, 0.15) is 35.1 Å². The number of alkyl carbamates (subject to hydrolysis) is 1. The van der Waals surface area contributed by atoms with Crippen molar-refractivity contribution < 1.29 is 32.6 Å². The number of carbonyl (C=O) groups is 2. The van der Waals surface area contributed by atoms with Gasteiger partial charge in [-0.3, -0.25) is 4.79 Å². The molecule has 1 aliphatic carbocycles. The summed E-state index contributed by atoms with van der Waals surface area (Å²) >= 11 is -0.268. The Labute approximate surface area is 197 Å². The minimum atomic E-state index is -4.43. The van der Waals surface area contributed by atoms with Crippen LogP contribution in [0.25, 0.3) is 11.1 Å². The molecule has 4 rings (SSSR count). The van der Waals surface area contributed by atoms with E-state index < -0.39 is 30.0 Å². The van der Waals surface area contributed by atoms with E-state index >= 15 is 0 Å². The number of hydrogen-bond acceptors (Lipinski definition) is 4. The van der Waals surface area contributed by atoms with Crippen molar-refractivity contribution >= 4 is 23.8 Å². The van der Waals surface area contributed by atoms with Crippen molar-refractivity contribution in [2.75, 3.05) is 6.61 Å². The molecule has 0 bridgehead atoms. The molecule has 0 saturated carbocycles. The molecular weight excluding hydrogens is 467 g/mol. The molecule has 3 aromatic rings. The van der Waals surface area contributed by atoms with Crippen molar-refractivity contribution in [3.63, 3.8) is 0 Å². The van der Waals surface area contributed by atoms with Crippen molar-refractivity contribution in [2.24, 2.45) is 0 Å². The van der Waals surface area contributed by atoms with Crippen molar-refractivity contribution in [1.82, 2.24) is 5.32 Å². The van der Waals surface area contributed by atoms with Gasteiger partial charge in [-0.25, -0.2) is 4.79 Å². The van der Waals surface area contributed by atoms with E-state index in [4.69, 9.17) is 4.74 Å². The molecular formula is C25H20F3NO4S. The van der Waals surface area contributed by atoms with Gasteiger partial charge in [0.05, 0.1) is 12.5 Å². The number of hydrogen-bond donors (Lipinski definition) is 2. The van der Waals surface area contributed by atoms with Crippen molar-refractivity contribution in [1.29, 1.82) is 0 Å². The zero-order valence-corrected chi connectivity index (χ0v) is 18.5. The van der Waals surface area contributed by atoms with Crippen LogP contribution in [0.15, 0.2) is 77.7 Å². The second-order valence-electron chi connectivity index (χ2n) is 7.74. The lowest BCUT2D eigenvalue weighted by molar-refractivity contribution is -0.137. The van der Waals surface area contributed by atoms with E-state index in [1.807, 2.05) is 48.5 Å². The van der Waals surface area contributed by atoms with Crippen LogP contribution < -0.4 is 5.32 Å². The molecule has 3 aromatic carbocycles. The molecule has 176 valence electrons. The zero-order valence-electron chi connectivity index (χ0n) is 17.7. The quantitative estimate of drug-likeness (QED) is 0.380. The summed E-state index contributed by atoms with van der Waals surface area (Å²) in [5.74, 6) is -1.33. The molecule has 1 atom stereocenters. The van der Waals surface area contributed by atoms with Crippen LogP contribution in [0, 0.1) is 0 Å². The van der Waals surface area contributed by atoms with Gasteiger partial charge in [0.25, 0.3) is 0 Å². The van der Waals surface area contributed by atoms with Crippen LogP contribution >= 0.6 is 11.8 Å². The summed E-state index contributed by atoms with van der Waals surface area (Å²) in [5, 5.41) is 11.8. The van der Waals surface area contributed by atoms with Gasteiger partial charge in [-0.05, 0) is 51.7 Å². The number of fused-ring (bicyclic) bond motifs is 3. The summed E-state index contributed by atoms with van der Waals surface area (Å²) in [7, 11) is 0. The molecule has 1 unspecified atom stereocenters. The predicted molar refractivity (Wildman–Crippen MR) is 122 cm³/mol.